The Hall–Kier alpha value is -3.69. The number of hydrogen-bond donors (Lipinski definition) is 2. The largest absolute Gasteiger partial charge is 0.486 e. The topological polar surface area (TPSA) is 70.7 Å². The molecular formula is C29H26Cl2F3N3O3. The van der Waals surface area contributed by atoms with Crippen molar-refractivity contribution < 1.29 is 27.5 Å². The standard InChI is InChI=1S/C29H26Cl2F3N3O3/c1-28(31)27(26(40-17-18-8-4-3-5-9-18)21-15-20(30)12-13-23(21)36-28)37(2)25(39)16-35-24(38)14-19-10-6-7-11-22(19)29(32,33)34/h3-13,15,36H,14,16-17H2,1-2H3,(H,35,38). The summed E-state index contributed by atoms with van der Waals surface area (Å²) in [7, 11) is 1.48. The average molecular weight is 592 g/mol. The minimum Gasteiger partial charge on any atom is -0.486 e. The minimum absolute atomic E-state index is 0.177. The minimum atomic E-state index is -4.60. The normalized spacial score (nSPS) is 16.6. The molecule has 0 aliphatic carbocycles. The maximum Gasteiger partial charge on any atom is 0.416 e. The monoisotopic (exact) mass is 591 g/mol. The van der Waals surface area contributed by atoms with E-state index in [1.165, 1.54) is 30.1 Å². The number of alkyl halides is 4. The van der Waals surface area contributed by atoms with E-state index in [1.807, 2.05) is 30.3 Å². The Bertz CT molecular complexity index is 1440. The van der Waals surface area contributed by atoms with Gasteiger partial charge >= 0.3 is 6.18 Å². The molecule has 1 aliphatic rings. The molecule has 0 aromatic heterocycles. The van der Waals surface area contributed by atoms with E-state index in [-0.39, 0.29) is 17.9 Å². The molecule has 3 aromatic rings. The van der Waals surface area contributed by atoms with Gasteiger partial charge in [-0.25, -0.2) is 0 Å². The molecule has 1 atom stereocenters. The SMILES string of the molecule is CN(C(=O)CNC(=O)Cc1ccccc1C(F)(F)F)C1=C(OCc2ccccc2)c2cc(Cl)ccc2NC1(C)Cl. The molecule has 1 heterocycles. The predicted octanol–water partition coefficient (Wildman–Crippen LogP) is 6.44. The van der Waals surface area contributed by atoms with Crippen LogP contribution >= 0.6 is 23.2 Å². The molecule has 1 unspecified atom stereocenters. The predicted molar refractivity (Wildman–Crippen MR) is 148 cm³/mol. The molecule has 3 aromatic carbocycles. The number of anilines is 1. The first-order valence-corrected chi connectivity index (χ1v) is 13.0. The molecule has 2 amide bonds. The third-order valence-corrected chi connectivity index (χ3v) is 6.81. The van der Waals surface area contributed by atoms with Gasteiger partial charge in [0.2, 0.25) is 11.8 Å². The smallest absolute Gasteiger partial charge is 0.416 e. The number of fused-ring (bicyclic) bond motifs is 1. The second-order valence-electron chi connectivity index (χ2n) is 9.33. The van der Waals surface area contributed by atoms with Crippen molar-refractivity contribution in [1.29, 1.82) is 0 Å². The summed E-state index contributed by atoms with van der Waals surface area (Å²) in [5.41, 5.74) is 1.30. The highest BCUT2D eigenvalue weighted by atomic mass is 35.5. The van der Waals surface area contributed by atoms with Crippen LogP contribution in [0.1, 0.15) is 29.2 Å². The number of carbonyl (C=O) groups is 2. The lowest BCUT2D eigenvalue weighted by molar-refractivity contribution is -0.138. The van der Waals surface area contributed by atoms with Crippen molar-refractivity contribution in [1.82, 2.24) is 10.2 Å². The summed E-state index contributed by atoms with van der Waals surface area (Å²) in [4.78, 5) is 25.7. The van der Waals surface area contributed by atoms with Gasteiger partial charge < -0.3 is 20.3 Å². The molecule has 0 saturated heterocycles. The van der Waals surface area contributed by atoms with Crippen LogP contribution in [-0.2, 0) is 33.5 Å². The summed E-state index contributed by atoms with van der Waals surface area (Å²) >= 11 is 13.2. The highest BCUT2D eigenvalue weighted by molar-refractivity contribution is 6.31. The molecule has 11 heteroatoms. The first-order valence-electron chi connectivity index (χ1n) is 12.2. The van der Waals surface area contributed by atoms with Crippen LogP contribution in [0.15, 0.2) is 78.5 Å². The van der Waals surface area contributed by atoms with Gasteiger partial charge in [-0.15, -0.1) is 0 Å². The van der Waals surface area contributed by atoms with Crippen LogP contribution in [0.25, 0.3) is 5.76 Å². The van der Waals surface area contributed by atoms with Crippen molar-refractivity contribution in [2.75, 3.05) is 18.9 Å². The Balaban J connectivity index is 1.57. The van der Waals surface area contributed by atoms with Crippen molar-refractivity contribution in [3.8, 4) is 0 Å². The van der Waals surface area contributed by atoms with E-state index in [4.69, 9.17) is 27.9 Å². The zero-order chi connectivity index (χ0) is 29.1. The van der Waals surface area contributed by atoms with E-state index in [0.717, 1.165) is 11.6 Å². The summed E-state index contributed by atoms with van der Waals surface area (Å²) in [6, 6.07) is 19.4. The second-order valence-corrected chi connectivity index (χ2v) is 10.5. The maximum absolute atomic E-state index is 13.3. The zero-order valence-corrected chi connectivity index (χ0v) is 23.1. The van der Waals surface area contributed by atoms with E-state index in [9.17, 15) is 22.8 Å². The number of rotatable bonds is 8. The lowest BCUT2D eigenvalue weighted by Crippen LogP contribution is -2.47. The summed E-state index contributed by atoms with van der Waals surface area (Å²) in [5.74, 6) is -0.980. The summed E-state index contributed by atoms with van der Waals surface area (Å²) in [5, 5.41) is 6.03. The van der Waals surface area contributed by atoms with Crippen LogP contribution in [0.4, 0.5) is 18.9 Å². The van der Waals surface area contributed by atoms with Gasteiger partial charge in [-0.05, 0) is 42.3 Å². The molecule has 4 rings (SSSR count). The van der Waals surface area contributed by atoms with Crippen molar-refractivity contribution in [3.05, 3.63) is 106 Å². The number of nitrogens with zero attached hydrogens (tertiary/aromatic N) is 1. The van der Waals surface area contributed by atoms with Crippen LogP contribution in [0, 0.1) is 0 Å². The summed E-state index contributed by atoms with van der Waals surface area (Å²) in [6.45, 7) is 1.36. The molecule has 210 valence electrons. The molecule has 0 radical (unpaired) electrons. The molecule has 1 aliphatic heterocycles. The van der Waals surface area contributed by atoms with E-state index in [1.54, 1.807) is 25.1 Å². The summed E-state index contributed by atoms with van der Waals surface area (Å²) < 4.78 is 46.1. The lowest BCUT2D eigenvalue weighted by atomic mass is 9.99. The third kappa shape index (κ3) is 6.71. The number of benzene rings is 3. The van der Waals surface area contributed by atoms with E-state index < -0.39 is 41.5 Å². The van der Waals surface area contributed by atoms with Gasteiger partial charge in [0.1, 0.15) is 12.3 Å². The van der Waals surface area contributed by atoms with Crippen molar-refractivity contribution in [2.45, 2.75) is 31.1 Å². The van der Waals surface area contributed by atoms with Crippen LogP contribution in [0.5, 0.6) is 0 Å². The van der Waals surface area contributed by atoms with Crippen LogP contribution in [0.3, 0.4) is 0 Å². The number of hydrogen-bond acceptors (Lipinski definition) is 4. The number of amides is 2. The van der Waals surface area contributed by atoms with Gasteiger partial charge in [0.25, 0.3) is 0 Å². The molecule has 0 saturated carbocycles. The lowest BCUT2D eigenvalue weighted by Gasteiger charge is -2.39. The first-order chi connectivity index (χ1) is 18.9. The molecule has 40 heavy (non-hydrogen) atoms. The number of nitrogens with one attached hydrogen (secondary N) is 2. The van der Waals surface area contributed by atoms with Crippen LogP contribution in [-0.4, -0.2) is 35.3 Å². The van der Waals surface area contributed by atoms with Gasteiger partial charge in [-0.1, -0.05) is 71.7 Å². The van der Waals surface area contributed by atoms with E-state index in [2.05, 4.69) is 10.6 Å². The highest BCUT2D eigenvalue weighted by Gasteiger charge is 2.40. The Labute approximate surface area is 239 Å². The number of ether oxygens (including phenoxy) is 1. The zero-order valence-electron chi connectivity index (χ0n) is 21.6. The van der Waals surface area contributed by atoms with Gasteiger partial charge in [-0.3, -0.25) is 9.59 Å². The van der Waals surface area contributed by atoms with Crippen LogP contribution < -0.4 is 10.6 Å². The fourth-order valence-electron chi connectivity index (χ4n) is 4.41. The van der Waals surface area contributed by atoms with Gasteiger partial charge in [-0.2, -0.15) is 13.2 Å². The molecule has 6 nitrogen and oxygen atoms in total. The molecule has 0 spiro atoms. The van der Waals surface area contributed by atoms with E-state index in [0.29, 0.717) is 22.0 Å². The Morgan fingerprint density at radius 1 is 1.05 bits per heavy atom. The average Bonchev–Trinajstić information content (AvgIpc) is 2.90. The maximum atomic E-state index is 13.3. The quantitative estimate of drug-likeness (QED) is 0.233. The summed E-state index contributed by atoms with van der Waals surface area (Å²) in [6.07, 6.45) is -5.14. The molecule has 0 fully saturated rings. The van der Waals surface area contributed by atoms with Crippen molar-refractivity contribution in [2.24, 2.45) is 0 Å². The third-order valence-electron chi connectivity index (χ3n) is 6.30. The number of likely N-dealkylation sites (N-methyl/N-ethyl adjacent to an activating group) is 1. The first kappa shape index (κ1) is 29.3. The fraction of sp³-hybridized carbons (Fsp3) is 0.241. The second kappa shape index (κ2) is 11.8. The number of carbonyl (C=O) groups excluding carboxylic acids is 2. The van der Waals surface area contributed by atoms with Gasteiger partial charge in [0.05, 0.1) is 18.5 Å². The molecule has 0 bridgehead atoms. The fourth-order valence-corrected chi connectivity index (χ4v) is 4.90. The van der Waals surface area contributed by atoms with Crippen molar-refractivity contribution in [3.63, 3.8) is 0 Å². The molecular weight excluding hydrogens is 566 g/mol. The van der Waals surface area contributed by atoms with Crippen LogP contribution in [0.2, 0.25) is 5.02 Å². The Morgan fingerprint density at radius 2 is 1.73 bits per heavy atom. The number of halogens is 5. The van der Waals surface area contributed by atoms with Gasteiger partial charge in [0, 0.05) is 23.3 Å². The Morgan fingerprint density at radius 3 is 2.42 bits per heavy atom. The molecule has 2 N–H and O–H groups in total. The van der Waals surface area contributed by atoms with Crippen molar-refractivity contribution >= 4 is 46.5 Å². The highest BCUT2D eigenvalue weighted by Crippen LogP contribution is 2.44. The van der Waals surface area contributed by atoms with Gasteiger partial charge in [0.15, 0.2) is 10.8 Å². The Kier molecular flexibility index (Phi) is 8.65. The van der Waals surface area contributed by atoms with E-state index >= 15 is 0 Å².